The van der Waals surface area contributed by atoms with E-state index in [1.165, 1.54) is 0 Å². The van der Waals surface area contributed by atoms with Crippen molar-refractivity contribution in [2.45, 2.75) is 39.2 Å². The van der Waals surface area contributed by atoms with Crippen LogP contribution in [0.25, 0.3) is 0 Å². The van der Waals surface area contributed by atoms with E-state index in [0.29, 0.717) is 0 Å². The first-order valence-electron chi connectivity index (χ1n) is 5.74. The number of nitrogens with zero attached hydrogens (tertiary/aromatic N) is 2. The number of aryl methyl sites for hydroxylation is 1. The molecule has 0 radical (unpaired) electrons. The van der Waals surface area contributed by atoms with Gasteiger partial charge in [-0.2, -0.15) is 0 Å². The van der Waals surface area contributed by atoms with E-state index in [0.717, 1.165) is 37.3 Å². The quantitative estimate of drug-likeness (QED) is 0.743. The van der Waals surface area contributed by atoms with Crippen molar-refractivity contribution in [1.29, 1.82) is 0 Å². The molecule has 0 aromatic carbocycles. The van der Waals surface area contributed by atoms with Gasteiger partial charge in [-0.25, -0.2) is 9.97 Å². The lowest BCUT2D eigenvalue weighted by molar-refractivity contribution is 0.493. The zero-order chi connectivity index (χ0) is 11.8. The van der Waals surface area contributed by atoms with Crippen LogP contribution in [0, 0.1) is 19.3 Å². The Kier molecular flexibility index (Phi) is 5.52. The summed E-state index contributed by atoms with van der Waals surface area (Å²) < 4.78 is 0. The van der Waals surface area contributed by atoms with E-state index in [1.54, 1.807) is 6.20 Å². The second-order valence-electron chi connectivity index (χ2n) is 3.78. The lowest BCUT2D eigenvalue weighted by Crippen LogP contribution is -2.23. The third-order valence-corrected chi connectivity index (χ3v) is 2.37. The molecule has 0 bridgehead atoms. The van der Waals surface area contributed by atoms with Crippen LogP contribution in [0.1, 0.15) is 43.7 Å². The molecule has 0 aliphatic rings. The van der Waals surface area contributed by atoms with Gasteiger partial charge in [0.2, 0.25) is 0 Å². The summed E-state index contributed by atoms with van der Waals surface area (Å²) in [6, 6.07) is 2.20. The van der Waals surface area contributed by atoms with Crippen LogP contribution >= 0.6 is 0 Å². The first kappa shape index (κ1) is 12.7. The van der Waals surface area contributed by atoms with Crippen molar-refractivity contribution in [3.8, 4) is 12.3 Å². The van der Waals surface area contributed by atoms with Gasteiger partial charge in [0, 0.05) is 12.6 Å². The summed E-state index contributed by atoms with van der Waals surface area (Å²) in [6.07, 6.45) is 9.90. The van der Waals surface area contributed by atoms with Crippen molar-refractivity contribution in [2.24, 2.45) is 0 Å². The number of nitrogens with one attached hydrogen (secondary N) is 1. The molecule has 86 valence electrons. The number of hydrogen-bond acceptors (Lipinski definition) is 3. The second-order valence-corrected chi connectivity index (χ2v) is 3.78. The fourth-order valence-electron chi connectivity index (χ4n) is 1.57. The van der Waals surface area contributed by atoms with Gasteiger partial charge in [0.25, 0.3) is 0 Å². The van der Waals surface area contributed by atoms with Gasteiger partial charge in [-0.3, -0.25) is 0 Å². The predicted molar refractivity (Wildman–Crippen MR) is 65.9 cm³/mol. The molecule has 0 fully saturated rings. The standard InChI is InChI=1S/C13H19N3/c1-4-6-7-12(15-9-5-2)13-8-10-14-11(3)16-13/h1,8,10,12,15H,5-7,9H2,2-3H3. The fraction of sp³-hybridized carbons (Fsp3) is 0.538. The minimum absolute atomic E-state index is 0.248. The Morgan fingerprint density at radius 3 is 3.00 bits per heavy atom. The van der Waals surface area contributed by atoms with Gasteiger partial charge >= 0.3 is 0 Å². The minimum atomic E-state index is 0.248. The van der Waals surface area contributed by atoms with E-state index >= 15 is 0 Å². The van der Waals surface area contributed by atoms with Crippen LogP contribution in [0.3, 0.4) is 0 Å². The lowest BCUT2D eigenvalue weighted by Gasteiger charge is -2.16. The molecular weight excluding hydrogens is 198 g/mol. The molecule has 0 saturated carbocycles. The normalized spacial score (nSPS) is 12.1. The molecule has 1 unspecified atom stereocenters. The Balaban J connectivity index is 2.70. The SMILES string of the molecule is C#CCCC(NCCC)c1ccnc(C)n1. The molecule has 0 amide bonds. The highest BCUT2D eigenvalue weighted by atomic mass is 15.0. The predicted octanol–water partition coefficient (Wildman–Crippen LogP) is 2.24. The number of rotatable bonds is 6. The number of aromatic nitrogens is 2. The second kappa shape index (κ2) is 6.97. The smallest absolute Gasteiger partial charge is 0.125 e. The van der Waals surface area contributed by atoms with Crippen molar-refractivity contribution in [2.75, 3.05) is 6.54 Å². The molecule has 3 heteroatoms. The van der Waals surface area contributed by atoms with Gasteiger partial charge < -0.3 is 5.32 Å². The molecule has 1 rings (SSSR count). The van der Waals surface area contributed by atoms with Gasteiger partial charge in [0.1, 0.15) is 5.82 Å². The van der Waals surface area contributed by atoms with Crippen LogP contribution in [-0.2, 0) is 0 Å². The minimum Gasteiger partial charge on any atom is -0.309 e. The van der Waals surface area contributed by atoms with Gasteiger partial charge in [-0.15, -0.1) is 12.3 Å². The van der Waals surface area contributed by atoms with Gasteiger partial charge in [-0.1, -0.05) is 6.92 Å². The van der Waals surface area contributed by atoms with Gasteiger partial charge in [-0.05, 0) is 32.4 Å². The van der Waals surface area contributed by atoms with Crippen molar-refractivity contribution >= 4 is 0 Å². The van der Waals surface area contributed by atoms with Gasteiger partial charge in [0.15, 0.2) is 0 Å². The summed E-state index contributed by atoms with van der Waals surface area (Å²) in [5.74, 6) is 3.48. The molecule has 3 nitrogen and oxygen atoms in total. The Hall–Kier alpha value is -1.40. The average Bonchev–Trinajstić information content (AvgIpc) is 2.29. The maximum Gasteiger partial charge on any atom is 0.125 e. The molecule has 1 atom stereocenters. The Bertz CT molecular complexity index is 354. The topological polar surface area (TPSA) is 37.8 Å². The van der Waals surface area contributed by atoms with Gasteiger partial charge in [0.05, 0.1) is 11.7 Å². The molecular formula is C13H19N3. The number of hydrogen-bond donors (Lipinski definition) is 1. The van der Waals surface area contributed by atoms with E-state index in [-0.39, 0.29) is 6.04 Å². The molecule has 0 saturated heterocycles. The molecule has 0 aliphatic heterocycles. The number of terminal acetylenes is 1. The van der Waals surface area contributed by atoms with E-state index < -0.39 is 0 Å². The average molecular weight is 217 g/mol. The zero-order valence-electron chi connectivity index (χ0n) is 10.0. The van der Waals surface area contributed by atoms with Crippen molar-refractivity contribution in [3.63, 3.8) is 0 Å². The van der Waals surface area contributed by atoms with E-state index in [1.807, 2.05) is 13.0 Å². The molecule has 0 spiro atoms. The fourth-order valence-corrected chi connectivity index (χ4v) is 1.57. The first-order chi connectivity index (χ1) is 7.77. The first-order valence-corrected chi connectivity index (χ1v) is 5.74. The van der Waals surface area contributed by atoms with Crippen LogP contribution in [0.4, 0.5) is 0 Å². The summed E-state index contributed by atoms with van der Waals surface area (Å²) in [6.45, 7) is 5.04. The Morgan fingerprint density at radius 2 is 2.38 bits per heavy atom. The highest BCUT2D eigenvalue weighted by Crippen LogP contribution is 2.15. The highest BCUT2D eigenvalue weighted by Gasteiger charge is 2.11. The third kappa shape index (κ3) is 4.00. The maximum absolute atomic E-state index is 5.30. The highest BCUT2D eigenvalue weighted by molar-refractivity contribution is 5.08. The Morgan fingerprint density at radius 1 is 1.56 bits per heavy atom. The van der Waals surface area contributed by atoms with Crippen molar-refractivity contribution in [1.82, 2.24) is 15.3 Å². The van der Waals surface area contributed by atoms with Crippen LogP contribution in [0.15, 0.2) is 12.3 Å². The van der Waals surface area contributed by atoms with Crippen LogP contribution in [0.2, 0.25) is 0 Å². The van der Waals surface area contributed by atoms with Crippen molar-refractivity contribution in [3.05, 3.63) is 23.8 Å². The summed E-state index contributed by atoms with van der Waals surface area (Å²) in [4.78, 5) is 8.54. The summed E-state index contributed by atoms with van der Waals surface area (Å²) >= 11 is 0. The third-order valence-electron chi connectivity index (χ3n) is 2.37. The van der Waals surface area contributed by atoms with E-state index in [9.17, 15) is 0 Å². The van der Waals surface area contributed by atoms with E-state index in [2.05, 4.69) is 28.1 Å². The molecule has 16 heavy (non-hydrogen) atoms. The van der Waals surface area contributed by atoms with Crippen LogP contribution in [0.5, 0.6) is 0 Å². The lowest BCUT2D eigenvalue weighted by atomic mass is 10.1. The largest absolute Gasteiger partial charge is 0.309 e. The molecule has 1 N–H and O–H groups in total. The maximum atomic E-state index is 5.30. The van der Waals surface area contributed by atoms with Crippen LogP contribution < -0.4 is 5.32 Å². The molecule has 1 aromatic heterocycles. The monoisotopic (exact) mass is 217 g/mol. The zero-order valence-corrected chi connectivity index (χ0v) is 10.0. The van der Waals surface area contributed by atoms with E-state index in [4.69, 9.17) is 6.42 Å². The summed E-state index contributed by atoms with van der Waals surface area (Å²) in [5.41, 5.74) is 1.04. The Labute approximate surface area is 97.7 Å². The molecule has 1 heterocycles. The van der Waals surface area contributed by atoms with Crippen molar-refractivity contribution < 1.29 is 0 Å². The molecule has 0 aliphatic carbocycles. The summed E-state index contributed by atoms with van der Waals surface area (Å²) in [5, 5.41) is 3.46. The summed E-state index contributed by atoms with van der Waals surface area (Å²) in [7, 11) is 0. The molecule has 1 aromatic rings. The van der Waals surface area contributed by atoms with Crippen LogP contribution in [-0.4, -0.2) is 16.5 Å².